The lowest BCUT2D eigenvalue weighted by Crippen LogP contribution is -2.41. The van der Waals surface area contributed by atoms with Gasteiger partial charge in [0, 0.05) is 13.1 Å². The molecular weight excluding hydrogens is 306 g/mol. The van der Waals surface area contributed by atoms with Crippen molar-refractivity contribution >= 4 is 23.3 Å². The lowest BCUT2D eigenvalue weighted by Gasteiger charge is -2.08. The van der Waals surface area contributed by atoms with Crippen molar-refractivity contribution in [2.24, 2.45) is 0 Å². The Bertz CT molecular complexity index is 654. The van der Waals surface area contributed by atoms with Gasteiger partial charge in [0.1, 0.15) is 17.5 Å². The number of amides is 2. The molecule has 1 aromatic carbocycles. The molecule has 1 heterocycles. The Morgan fingerprint density at radius 2 is 1.91 bits per heavy atom. The van der Waals surface area contributed by atoms with Crippen LogP contribution in [-0.2, 0) is 0 Å². The van der Waals surface area contributed by atoms with E-state index in [0.29, 0.717) is 5.69 Å². The van der Waals surface area contributed by atoms with Gasteiger partial charge in [-0.05, 0) is 29.8 Å². The molecule has 7 nitrogen and oxygen atoms in total. The minimum absolute atomic E-state index is 0.0794. The van der Waals surface area contributed by atoms with E-state index < -0.39 is 6.09 Å². The van der Waals surface area contributed by atoms with E-state index in [-0.39, 0.29) is 19.0 Å². The molecule has 0 atom stereocenters. The fraction of sp³-hybridized carbons (Fsp3) is 0.214. The first-order valence-corrected chi connectivity index (χ1v) is 7.30. The smallest absolute Gasteiger partial charge is 0.271 e. The first-order valence-electron chi connectivity index (χ1n) is 6.42. The maximum atomic E-state index is 12.1. The Morgan fingerprint density at radius 3 is 2.55 bits per heavy atom. The quantitative estimate of drug-likeness (QED) is 0.754. The van der Waals surface area contributed by atoms with Crippen LogP contribution in [0.15, 0.2) is 29.8 Å². The summed E-state index contributed by atoms with van der Waals surface area (Å²) in [5.41, 5.74) is 2.76. The number of nitrogens with one attached hydrogen (secondary N) is 2. The van der Waals surface area contributed by atoms with Crippen molar-refractivity contribution in [3.05, 3.63) is 35.5 Å². The third kappa shape index (κ3) is 3.95. The summed E-state index contributed by atoms with van der Waals surface area (Å²) in [5.74, 6) is 0.375. The largest absolute Gasteiger partial charge is 0.530 e. The number of thiazole rings is 1. The molecule has 0 saturated carbocycles. The lowest BCUT2D eigenvalue weighted by atomic mass is 10.1. The molecule has 8 heteroatoms. The number of rotatable bonds is 6. The first-order chi connectivity index (χ1) is 10.6. The van der Waals surface area contributed by atoms with E-state index in [2.05, 4.69) is 15.6 Å². The van der Waals surface area contributed by atoms with Gasteiger partial charge in [0.15, 0.2) is 0 Å². The Labute approximate surface area is 131 Å². The summed E-state index contributed by atoms with van der Waals surface area (Å²) < 4.78 is 5.10. The van der Waals surface area contributed by atoms with Gasteiger partial charge in [0.2, 0.25) is 0 Å². The molecule has 2 rings (SSSR count). The van der Waals surface area contributed by atoms with Crippen LogP contribution in [0, 0.1) is 0 Å². The summed E-state index contributed by atoms with van der Waals surface area (Å²) in [5, 5.41) is 14.9. The highest BCUT2D eigenvalue weighted by Gasteiger charge is 2.15. The molecule has 116 valence electrons. The maximum Gasteiger partial charge on any atom is 0.271 e. The van der Waals surface area contributed by atoms with Crippen molar-refractivity contribution in [1.29, 1.82) is 0 Å². The number of hydrogen-bond donors (Lipinski definition) is 2. The zero-order chi connectivity index (χ0) is 15.9. The Kier molecular flexibility index (Phi) is 5.31. The summed E-state index contributed by atoms with van der Waals surface area (Å²) in [6, 6.07) is 7.31. The number of hydrogen-bond acceptors (Lipinski definition) is 6. The molecule has 2 N–H and O–H groups in total. The fourth-order valence-corrected chi connectivity index (χ4v) is 2.57. The van der Waals surface area contributed by atoms with Gasteiger partial charge in [-0.1, -0.05) is 0 Å². The summed E-state index contributed by atoms with van der Waals surface area (Å²) in [6.45, 7) is 0.239. The minimum atomic E-state index is -1.37. The second-order valence-corrected chi connectivity index (χ2v) is 5.08. The molecule has 0 aliphatic rings. The summed E-state index contributed by atoms with van der Waals surface area (Å²) in [4.78, 5) is 27.1. The number of carbonyl (C=O) groups excluding carboxylic acids is 2. The van der Waals surface area contributed by atoms with E-state index in [1.165, 1.54) is 11.3 Å². The number of methoxy groups -OCH3 is 1. The van der Waals surface area contributed by atoms with Gasteiger partial charge >= 0.3 is 0 Å². The first kappa shape index (κ1) is 15.8. The van der Waals surface area contributed by atoms with Crippen LogP contribution in [0.5, 0.6) is 5.75 Å². The van der Waals surface area contributed by atoms with Crippen LogP contribution in [0.2, 0.25) is 0 Å². The van der Waals surface area contributed by atoms with Crippen LogP contribution < -0.4 is 20.5 Å². The Hall–Kier alpha value is -2.61. The van der Waals surface area contributed by atoms with Gasteiger partial charge in [-0.15, -0.1) is 11.3 Å². The van der Waals surface area contributed by atoms with E-state index in [1.54, 1.807) is 24.8 Å². The van der Waals surface area contributed by atoms with Crippen molar-refractivity contribution in [2.45, 2.75) is 0 Å². The van der Waals surface area contributed by atoms with Gasteiger partial charge in [-0.25, -0.2) is 4.98 Å². The fourth-order valence-electron chi connectivity index (χ4n) is 1.78. The SMILES string of the molecule is COc1ccc(-c2scnc2C(=O)NCCNC(=O)[O-])cc1. The third-order valence-corrected chi connectivity index (χ3v) is 3.69. The highest BCUT2D eigenvalue weighted by atomic mass is 32.1. The van der Waals surface area contributed by atoms with Crippen LogP contribution in [0.4, 0.5) is 4.79 Å². The average Bonchev–Trinajstić information content (AvgIpc) is 3.01. The normalized spacial score (nSPS) is 10.0. The van der Waals surface area contributed by atoms with Crippen LogP contribution >= 0.6 is 11.3 Å². The predicted octanol–water partition coefficient (Wildman–Crippen LogP) is 0.481. The monoisotopic (exact) mass is 320 g/mol. The third-order valence-electron chi connectivity index (χ3n) is 2.81. The second kappa shape index (κ2) is 7.41. The number of benzene rings is 1. The number of aromatic nitrogens is 1. The standard InChI is InChI=1S/C14H15N3O4S/c1-21-10-4-2-9(3-5-10)12-11(17-8-22-12)13(18)15-6-7-16-14(19)20/h2-5,8,16H,6-7H2,1H3,(H,15,18)(H,19,20)/p-1. The van der Waals surface area contributed by atoms with Gasteiger partial charge in [0.05, 0.1) is 17.5 Å². The molecule has 0 bridgehead atoms. The van der Waals surface area contributed by atoms with Crippen LogP contribution in [-0.4, -0.2) is 37.2 Å². The Morgan fingerprint density at radius 1 is 1.23 bits per heavy atom. The number of ether oxygens (including phenoxy) is 1. The molecule has 0 fully saturated rings. The molecule has 0 aliphatic heterocycles. The van der Waals surface area contributed by atoms with Crippen molar-refractivity contribution in [3.63, 3.8) is 0 Å². The summed E-state index contributed by atoms with van der Waals surface area (Å²) in [7, 11) is 1.58. The average molecular weight is 320 g/mol. The minimum Gasteiger partial charge on any atom is -0.530 e. The topological polar surface area (TPSA) is 103 Å². The van der Waals surface area contributed by atoms with Crippen LogP contribution in [0.3, 0.4) is 0 Å². The number of carbonyl (C=O) groups is 2. The summed E-state index contributed by atoms with van der Waals surface area (Å²) >= 11 is 1.36. The van der Waals surface area contributed by atoms with Gasteiger partial charge in [0.25, 0.3) is 5.91 Å². The lowest BCUT2D eigenvalue weighted by molar-refractivity contribution is -0.250. The number of carboxylic acid groups (broad SMARTS) is 1. The zero-order valence-corrected chi connectivity index (χ0v) is 12.6. The Balaban J connectivity index is 2.04. The molecule has 0 unspecified atom stereocenters. The highest BCUT2D eigenvalue weighted by Crippen LogP contribution is 2.29. The molecule has 0 saturated heterocycles. The van der Waals surface area contributed by atoms with Crippen molar-refractivity contribution < 1.29 is 19.4 Å². The second-order valence-electron chi connectivity index (χ2n) is 4.23. The zero-order valence-electron chi connectivity index (χ0n) is 11.8. The highest BCUT2D eigenvalue weighted by molar-refractivity contribution is 7.13. The van der Waals surface area contributed by atoms with Gasteiger partial charge in [-0.2, -0.15) is 0 Å². The summed E-state index contributed by atoms with van der Waals surface area (Å²) in [6.07, 6.45) is -1.37. The molecule has 1 aromatic heterocycles. The van der Waals surface area contributed by atoms with E-state index in [4.69, 9.17) is 4.74 Å². The molecule has 2 amide bonds. The van der Waals surface area contributed by atoms with E-state index in [0.717, 1.165) is 16.2 Å². The molecular formula is C14H14N3O4S-. The maximum absolute atomic E-state index is 12.1. The molecule has 0 aliphatic carbocycles. The molecule has 0 spiro atoms. The van der Waals surface area contributed by atoms with E-state index in [9.17, 15) is 14.7 Å². The van der Waals surface area contributed by atoms with Crippen LogP contribution in [0.25, 0.3) is 10.4 Å². The van der Waals surface area contributed by atoms with Gasteiger partial charge < -0.3 is 25.3 Å². The van der Waals surface area contributed by atoms with Gasteiger partial charge in [-0.3, -0.25) is 4.79 Å². The molecule has 2 aromatic rings. The van der Waals surface area contributed by atoms with Crippen molar-refractivity contribution in [2.75, 3.05) is 20.2 Å². The van der Waals surface area contributed by atoms with Crippen molar-refractivity contribution in [1.82, 2.24) is 15.6 Å². The predicted molar refractivity (Wildman–Crippen MR) is 79.8 cm³/mol. The van der Waals surface area contributed by atoms with E-state index in [1.807, 2.05) is 12.1 Å². The molecule has 0 radical (unpaired) electrons. The van der Waals surface area contributed by atoms with E-state index >= 15 is 0 Å². The van der Waals surface area contributed by atoms with Crippen LogP contribution in [0.1, 0.15) is 10.5 Å². The van der Waals surface area contributed by atoms with Crippen molar-refractivity contribution in [3.8, 4) is 16.2 Å². The number of nitrogens with zero attached hydrogens (tertiary/aromatic N) is 1. The molecule has 22 heavy (non-hydrogen) atoms.